The van der Waals surface area contributed by atoms with Crippen molar-refractivity contribution in [2.24, 2.45) is 25.7 Å². The maximum Gasteiger partial charge on any atom is 0.274 e. The second-order valence-corrected chi connectivity index (χ2v) is 25.4. The van der Waals surface area contributed by atoms with Crippen LogP contribution in [0.2, 0.25) is 0 Å². The van der Waals surface area contributed by atoms with Crippen LogP contribution in [0.5, 0.6) is 0 Å². The summed E-state index contributed by atoms with van der Waals surface area (Å²) in [6.45, 7) is 26.6. The SMILES string of the molecule is Cc1cc(-c2cn(C)nc2C)cc(C2CCN(C(=O)c3cc(C(C)C)[nH]n3)C2)n1.Cc1cc(-c2cnn(C)c2C)cc(C2CCN(C(=O)c3cc(C(C)C)[nH]n3)C2)n1.Cc1cc(C2CCCCC2)cc(C2CCN(C(=O)C(=N)C=C(N)C(C)C)C2)n1. The number of hydrogen-bond acceptors (Lipinski definition) is 12. The van der Waals surface area contributed by atoms with Crippen LogP contribution in [0.25, 0.3) is 22.3 Å². The topological polar surface area (TPSA) is 242 Å². The first-order chi connectivity index (χ1) is 41.0. The van der Waals surface area contributed by atoms with Gasteiger partial charge in [-0.3, -0.25) is 54.3 Å². The molecule has 4 aliphatic rings. The van der Waals surface area contributed by atoms with Crippen molar-refractivity contribution in [3.05, 3.63) is 147 Å². The molecule has 7 aromatic rings. The van der Waals surface area contributed by atoms with Crippen molar-refractivity contribution in [2.45, 2.75) is 163 Å². The number of carbonyl (C=O) groups is 3. The summed E-state index contributed by atoms with van der Waals surface area (Å²) in [4.78, 5) is 58.3. The summed E-state index contributed by atoms with van der Waals surface area (Å²) in [6, 6.07) is 16.8. The van der Waals surface area contributed by atoms with Gasteiger partial charge in [-0.2, -0.15) is 20.4 Å². The standard InChI is InChI=1S/C23H34N4O.2C22H28N6O/c1-15(2)20(24)13-21(25)23(28)27-10-9-18(14-27)22-12-19(11-16(3)26-22)17-7-5-4-6-8-17;1-13(2)19-10-21(26-25-19)22(29)28-7-6-16(12-28)20-9-17(8-14(3)24-20)18-11-23-27(5)15(18)4;1-13(2)19-10-21(25-24-19)22(29)28-7-6-16(11-28)20-9-17(8-14(3)23-20)18-12-27(5)26-15(18)4/h11-13,15,17-18,25H,4-10,14,24H2,1-3H3;8-11,13,16H,6-7,12H2,1-5H3,(H,25,26);8-10,12-13,16H,6-7,11H2,1-5H3,(H,24,25). The molecule has 3 unspecified atom stereocenters. The first-order valence-corrected chi connectivity index (χ1v) is 31.0. The minimum atomic E-state index is -0.230. The van der Waals surface area contributed by atoms with Gasteiger partial charge in [-0.15, -0.1) is 0 Å². The molecular formula is C67H90N16O3. The fraction of sp³-hybridized carbons (Fsp3) is 0.507. The lowest BCUT2D eigenvalue weighted by molar-refractivity contribution is -0.123. The van der Waals surface area contributed by atoms with E-state index in [0.29, 0.717) is 61.0 Å². The Morgan fingerprint density at radius 3 is 1.53 bits per heavy atom. The van der Waals surface area contributed by atoms with Gasteiger partial charge >= 0.3 is 0 Å². The molecule has 86 heavy (non-hydrogen) atoms. The number of rotatable bonds is 13. The van der Waals surface area contributed by atoms with E-state index >= 15 is 0 Å². The second kappa shape index (κ2) is 27.1. The Bertz CT molecular complexity index is 3470. The highest BCUT2D eigenvalue weighted by molar-refractivity contribution is 6.42. The van der Waals surface area contributed by atoms with E-state index in [1.807, 2.05) is 92.4 Å². The Kier molecular flexibility index (Phi) is 19.7. The number of nitrogens with zero attached hydrogens (tertiary/aromatic N) is 12. The second-order valence-electron chi connectivity index (χ2n) is 25.4. The van der Waals surface area contributed by atoms with Gasteiger partial charge in [-0.25, -0.2) is 0 Å². The molecule has 3 amide bonds. The zero-order valence-electron chi connectivity index (χ0n) is 53.0. The maximum atomic E-state index is 12.9. The quantitative estimate of drug-likeness (QED) is 0.0791. The number of carbonyl (C=O) groups excluding carboxylic acids is 3. The van der Waals surface area contributed by atoms with Crippen molar-refractivity contribution in [1.82, 2.24) is 69.6 Å². The van der Waals surface area contributed by atoms with Gasteiger partial charge in [0.15, 0.2) is 0 Å². The first kappa shape index (κ1) is 62.4. The number of likely N-dealkylation sites (tertiary alicyclic amines) is 3. The largest absolute Gasteiger partial charge is 0.402 e. The van der Waals surface area contributed by atoms with Crippen molar-refractivity contribution in [1.29, 1.82) is 5.41 Å². The molecule has 3 saturated heterocycles. The molecule has 19 nitrogen and oxygen atoms in total. The van der Waals surface area contributed by atoms with E-state index in [2.05, 4.69) is 109 Å². The fourth-order valence-corrected chi connectivity index (χ4v) is 12.3. The van der Waals surface area contributed by atoms with Gasteiger partial charge in [0.05, 0.1) is 11.9 Å². The molecule has 0 aromatic carbocycles. The molecule has 0 spiro atoms. The van der Waals surface area contributed by atoms with Gasteiger partial charge in [0.25, 0.3) is 17.7 Å². The molecule has 1 aliphatic carbocycles. The molecule has 0 radical (unpaired) electrons. The van der Waals surface area contributed by atoms with Gasteiger partial charge in [-0.1, -0.05) is 60.8 Å². The lowest BCUT2D eigenvalue weighted by Gasteiger charge is -2.23. The number of hydrogen-bond donors (Lipinski definition) is 4. The molecule has 3 atom stereocenters. The summed E-state index contributed by atoms with van der Waals surface area (Å²) in [7, 11) is 3.89. The third-order valence-corrected chi connectivity index (χ3v) is 17.7. The van der Waals surface area contributed by atoms with Crippen molar-refractivity contribution in [3.8, 4) is 22.3 Å². The third-order valence-electron chi connectivity index (χ3n) is 17.7. The highest BCUT2D eigenvalue weighted by Gasteiger charge is 2.34. The van der Waals surface area contributed by atoms with Crippen LogP contribution in [0.15, 0.2) is 72.7 Å². The highest BCUT2D eigenvalue weighted by atomic mass is 16.2. The number of amides is 3. The van der Waals surface area contributed by atoms with Crippen molar-refractivity contribution in [2.75, 3.05) is 39.3 Å². The Hall–Kier alpha value is -8.09. The number of aromatic nitrogens is 11. The summed E-state index contributed by atoms with van der Waals surface area (Å²) in [6.07, 6.45) is 14.7. The van der Waals surface area contributed by atoms with E-state index in [1.165, 1.54) is 43.7 Å². The minimum Gasteiger partial charge on any atom is -0.402 e. The van der Waals surface area contributed by atoms with Crippen LogP contribution in [0.4, 0.5) is 0 Å². The molecule has 19 heteroatoms. The summed E-state index contributed by atoms with van der Waals surface area (Å²) in [5.41, 5.74) is 23.8. The van der Waals surface area contributed by atoms with Gasteiger partial charge in [0.1, 0.15) is 17.1 Å². The van der Waals surface area contributed by atoms with E-state index in [1.54, 1.807) is 4.90 Å². The minimum absolute atomic E-state index is 0.00775. The number of aromatic amines is 2. The molecule has 5 N–H and O–H groups in total. The third kappa shape index (κ3) is 14.8. The molecule has 11 rings (SSSR count). The summed E-state index contributed by atoms with van der Waals surface area (Å²) < 4.78 is 3.72. The van der Waals surface area contributed by atoms with E-state index in [-0.39, 0.29) is 47.1 Å². The fourth-order valence-electron chi connectivity index (χ4n) is 12.3. The molecule has 3 aliphatic heterocycles. The smallest absolute Gasteiger partial charge is 0.274 e. The number of H-pyrrole nitrogens is 2. The summed E-state index contributed by atoms with van der Waals surface area (Å²) in [5, 5.41) is 31.3. The number of allylic oxidation sites excluding steroid dienone is 1. The predicted octanol–water partition coefficient (Wildman–Crippen LogP) is 11.4. The molecule has 7 aromatic heterocycles. The van der Waals surface area contributed by atoms with E-state index < -0.39 is 0 Å². The summed E-state index contributed by atoms with van der Waals surface area (Å²) in [5.74, 6) is 1.91. The van der Waals surface area contributed by atoms with Crippen LogP contribution in [0, 0.1) is 45.9 Å². The normalized spacial score (nSPS) is 18.3. The zero-order valence-corrected chi connectivity index (χ0v) is 53.0. The van der Waals surface area contributed by atoms with E-state index in [0.717, 1.165) is 112 Å². The van der Waals surface area contributed by atoms with Crippen LogP contribution in [0.1, 0.15) is 212 Å². The van der Waals surface area contributed by atoms with Gasteiger partial charge in [-0.05, 0) is 162 Å². The van der Waals surface area contributed by atoms with Crippen molar-refractivity contribution in [3.63, 3.8) is 0 Å². The van der Waals surface area contributed by atoms with E-state index in [9.17, 15) is 14.4 Å². The van der Waals surface area contributed by atoms with Gasteiger partial charge < -0.3 is 20.4 Å². The van der Waals surface area contributed by atoms with E-state index in [4.69, 9.17) is 26.1 Å². The molecule has 456 valence electrons. The number of pyridine rings is 3. The van der Waals surface area contributed by atoms with Crippen LogP contribution in [0.3, 0.4) is 0 Å². The van der Waals surface area contributed by atoms with Crippen molar-refractivity contribution >= 4 is 23.4 Å². The Morgan fingerprint density at radius 1 is 0.605 bits per heavy atom. The molecule has 10 heterocycles. The van der Waals surface area contributed by atoms with Gasteiger partial charge in [0, 0.05) is 145 Å². The zero-order chi connectivity index (χ0) is 61.7. The average molecular weight is 1170 g/mol. The molecular weight excluding hydrogens is 1080 g/mol. The monoisotopic (exact) mass is 1170 g/mol. The number of aryl methyl sites for hydroxylation is 6. The van der Waals surface area contributed by atoms with Crippen LogP contribution in [-0.2, 0) is 18.9 Å². The lowest BCUT2D eigenvalue weighted by atomic mass is 9.83. The highest BCUT2D eigenvalue weighted by Crippen LogP contribution is 2.37. The number of nitrogens with two attached hydrogens (primary N) is 1. The van der Waals surface area contributed by atoms with Crippen LogP contribution in [-0.4, -0.2) is 132 Å². The Labute approximate surface area is 507 Å². The van der Waals surface area contributed by atoms with Crippen LogP contribution < -0.4 is 5.73 Å². The summed E-state index contributed by atoms with van der Waals surface area (Å²) >= 11 is 0. The Balaban J connectivity index is 0.000000154. The Morgan fingerprint density at radius 2 is 1.08 bits per heavy atom. The first-order valence-electron chi connectivity index (χ1n) is 31.0. The number of nitrogens with one attached hydrogen (secondary N) is 3. The van der Waals surface area contributed by atoms with Crippen molar-refractivity contribution < 1.29 is 14.4 Å². The lowest BCUT2D eigenvalue weighted by Crippen LogP contribution is -2.34. The maximum absolute atomic E-state index is 12.9. The predicted molar refractivity (Wildman–Crippen MR) is 337 cm³/mol. The van der Waals surface area contributed by atoms with Gasteiger partial charge in [0.2, 0.25) is 0 Å². The molecule has 1 saturated carbocycles. The average Bonchev–Trinajstić information content (AvgIpc) is 4.44. The van der Waals surface area contributed by atoms with Crippen LogP contribution >= 0.6 is 0 Å². The molecule has 0 bridgehead atoms. The molecule has 4 fully saturated rings.